The highest BCUT2D eigenvalue weighted by atomic mass is 127. The number of rotatable bonds is 4. The maximum atomic E-state index is 11.8. The van der Waals surface area contributed by atoms with Crippen molar-refractivity contribution >= 4 is 44.4 Å². The van der Waals surface area contributed by atoms with Gasteiger partial charge in [-0.1, -0.05) is 44.6 Å². The van der Waals surface area contributed by atoms with Crippen molar-refractivity contribution in [3.05, 3.63) is 33.8 Å². The van der Waals surface area contributed by atoms with Crippen LogP contribution in [-0.2, 0) is 0 Å². The van der Waals surface area contributed by atoms with Crippen molar-refractivity contribution in [2.24, 2.45) is 0 Å². The molecule has 1 aromatic rings. The molecule has 0 aliphatic heterocycles. The van der Waals surface area contributed by atoms with Gasteiger partial charge in [-0.05, 0) is 31.0 Å². The van der Waals surface area contributed by atoms with Crippen molar-refractivity contribution in [1.82, 2.24) is 5.32 Å². The smallest absolute Gasteiger partial charge is 0.251 e. The molecule has 0 aliphatic carbocycles. The third kappa shape index (κ3) is 3.75. The van der Waals surface area contributed by atoms with E-state index in [-0.39, 0.29) is 5.91 Å². The van der Waals surface area contributed by atoms with Gasteiger partial charge in [0.1, 0.15) is 0 Å². The van der Waals surface area contributed by atoms with Gasteiger partial charge in [-0.2, -0.15) is 0 Å². The lowest BCUT2D eigenvalue weighted by Crippen LogP contribution is -2.25. The predicted octanol–water partition coefficient (Wildman–Crippen LogP) is 3.31. The second kappa shape index (κ2) is 6.48. The highest BCUT2D eigenvalue weighted by Gasteiger charge is 2.09. The summed E-state index contributed by atoms with van der Waals surface area (Å²) >= 11 is 5.72. The molecule has 1 N–H and O–H groups in total. The summed E-state index contributed by atoms with van der Waals surface area (Å²) in [6, 6.07) is 5.67. The number of hydrogen-bond acceptors (Lipinski definition) is 1. The van der Waals surface area contributed by atoms with Gasteiger partial charge < -0.3 is 5.32 Å². The Kier molecular flexibility index (Phi) is 5.60. The Labute approximate surface area is 112 Å². The van der Waals surface area contributed by atoms with Crippen LogP contribution in [0.1, 0.15) is 22.3 Å². The fourth-order valence-electron chi connectivity index (χ4n) is 1.22. The average molecular weight is 382 g/mol. The molecule has 4 heteroatoms. The first-order valence-corrected chi connectivity index (χ1v) is 7.08. The summed E-state index contributed by atoms with van der Waals surface area (Å²) in [5.74, 6) is 0.0126. The molecule has 0 unspecified atom stereocenters. The van der Waals surface area contributed by atoms with E-state index in [0.29, 0.717) is 0 Å². The van der Waals surface area contributed by atoms with Crippen LogP contribution in [0.3, 0.4) is 0 Å². The predicted molar refractivity (Wildman–Crippen MR) is 74.7 cm³/mol. The van der Waals surface area contributed by atoms with Crippen molar-refractivity contribution in [2.75, 3.05) is 11.0 Å². The molecule has 0 radical (unpaired) electrons. The monoisotopic (exact) mass is 381 g/mol. The number of halogens is 2. The van der Waals surface area contributed by atoms with Gasteiger partial charge in [0, 0.05) is 21.0 Å². The number of nitrogens with one attached hydrogen (secondary N) is 1. The first-order valence-electron chi connectivity index (χ1n) is 4.76. The van der Waals surface area contributed by atoms with Crippen LogP contribution in [0, 0.1) is 6.92 Å². The van der Waals surface area contributed by atoms with Gasteiger partial charge in [0.25, 0.3) is 5.91 Å². The van der Waals surface area contributed by atoms with Crippen LogP contribution in [0.5, 0.6) is 0 Å². The number of amides is 1. The lowest BCUT2D eigenvalue weighted by Gasteiger charge is -2.07. The summed E-state index contributed by atoms with van der Waals surface area (Å²) in [5.41, 5.74) is 1.74. The summed E-state index contributed by atoms with van der Waals surface area (Å²) in [7, 11) is 0. The Balaban J connectivity index is 2.69. The molecule has 0 heterocycles. The number of hydrogen-bond donors (Lipinski definition) is 1. The second-order valence-corrected chi connectivity index (χ2v) is 5.14. The topological polar surface area (TPSA) is 29.1 Å². The molecule has 0 aromatic heterocycles. The molecule has 2 nitrogen and oxygen atoms in total. The van der Waals surface area contributed by atoms with E-state index in [9.17, 15) is 4.79 Å². The van der Waals surface area contributed by atoms with Gasteiger partial charge in [0.2, 0.25) is 0 Å². The first-order chi connectivity index (χ1) is 7.16. The van der Waals surface area contributed by atoms with Gasteiger partial charge in [-0.15, -0.1) is 0 Å². The molecular weight excluding hydrogens is 369 g/mol. The van der Waals surface area contributed by atoms with Crippen LogP contribution in [0.2, 0.25) is 0 Å². The van der Waals surface area contributed by atoms with E-state index in [1.807, 2.05) is 25.1 Å². The van der Waals surface area contributed by atoms with Crippen LogP contribution < -0.4 is 5.32 Å². The Morgan fingerprint density at radius 2 is 2.27 bits per heavy atom. The number of alkyl halides is 1. The molecule has 1 amide bonds. The van der Waals surface area contributed by atoms with Crippen molar-refractivity contribution in [1.29, 1.82) is 0 Å². The maximum Gasteiger partial charge on any atom is 0.251 e. The molecule has 0 spiro atoms. The zero-order valence-corrected chi connectivity index (χ0v) is 12.3. The van der Waals surface area contributed by atoms with Crippen LogP contribution >= 0.6 is 38.5 Å². The zero-order valence-electron chi connectivity index (χ0n) is 8.52. The van der Waals surface area contributed by atoms with E-state index in [1.54, 1.807) is 0 Å². The summed E-state index contributed by atoms with van der Waals surface area (Å²) in [5, 5.41) is 2.90. The molecule has 0 bridgehead atoms. The molecule has 0 fully saturated rings. The quantitative estimate of drug-likeness (QED) is 0.484. The first kappa shape index (κ1) is 13.0. The number of carbonyl (C=O) groups excluding carboxylic acids is 1. The lowest BCUT2D eigenvalue weighted by molar-refractivity contribution is 0.0953. The van der Waals surface area contributed by atoms with Crippen molar-refractivity contribution in [2.45, 2.75) is 13.3 Å². The van der Waals surface area contributed by atoms with Gasteiger partial charge in [0.15, 0.2) is 0 Å². The molecule has 82 valence electrons. The number of carbonyl (C=O) groups is 1. The van der Waals surface area contributed by atoms with E-state index >= 15 is 0 Å². The highest BCUT2D eigenvalue weighted by molar-refractivity contribution is 14.1. The van der Waals surface area contributed by atoms with Gasteiger partial charge >= 0.3 is 0 Å². The van der Waals surface area contributed by atoms with Crippen LogP contribution in [0.15, 0.2) is 22.7 Å². The van der Waals surface area contributed by atoms with Gasteiger partial charge in [0.05, 0.1) is 0 Å². The van der Waals surface area contributed by atoms with Crippen molar-refractivity contribution in [3.63, 3.8) is 0 Å². The summed E-state index contributed by atoms with van der Waals surface area (Å²) in [6.07, 6.45) is 1.01. The third-order valence-electron chi connectivity index (χ3n) is 2.11. The van der Waals surface area contributed by atoms with E-state index in [2.05, 4.69) is 43.8 Å². The molecule has 0 aliphatic rings. The Bertz CT molecular complexity index is 354. The highest BCUT2D eigenvalue weighted by Crippen LogP contribution is 2.19. The average Bonchev–Trinajstić information content (AvgIpc) is 2.22. The third-order valence-corrected chi connectivity index (χ3v) is 3.73. The minimum atomic E-state index is 0.0126. The second-order valence-electron chi connectivity index (χ2n) is 3.21. The number of benzene rings is 1. The van der Waals surface area contributed by atoms with E-state index in [4.69, 9.17) is 0 Å². The Morgan fingerprint density at radius 1 is 1.53 bits per heavy atom. The largest absolute Gasteiger partial charge is 0.352 e. The van der Waals surface area contributed by atoms with Gasteiger partial charge in [-0.25, -0.2) is 0 Å². The fourth-order valence-corrected chi connectivity index (χ4v) is 1.97. The Morgan fingerprint density at radius 3 is 2.93 bits per heavy atom. The molecule has 1 aromatic carbocycles. The van der Waals surface area contributed by atoms with Gasteiger partial charge in [-0.3, -0.25) is 4.79 Å². The van der Waals surface area contributed by atoms with Crippen LogP contribution in [0.4, 0.5) is 0 Å². The fraction of sp³-hybridized carbons (Fsp3) is 0.364. The van der Waals surface area contributed by atoms with Crippen LogP contribution in [-0.4, -0.2) is 16.9 Å². The minimum absolute atomic E-state index is 0.0126. The summed E-state index contributed by atoms with van der Waals surface area (Å²) < 4.78 is 2.04. The standard InChI is InChI=1S/C11H13BrINO/c1-8-9(4-2-5-10(8)12)11(15)14-7-3-6-13/h2,4-5H,3,6-7H2,1H3,(H,14,15). The van der Waals surface area contributed by atoms with E-state index in [1.165, 1.54) is 0 Å². The molecule has 1 rings (SSSR count). The molecule has 15 heavy (non-hydrogen) atoms. The van der Waals surface area contributed by atoms with E-state index in [0.717, 1.165) is 33.0 Å². The van der Waals surface area contributed by atoms with Crippen LogP contribution in [0.25, 0.3) is 0 Å². The summed E-state index contributed by atoms with van der Waals surface area (Å²) in [6.45, 7) is 2.69. The molecule has 0 saturated carbocycles. The summed E-state index contributed by atoms with van der Waals surface area (Å²) in [4.78, 5) is 11.8. The Hall–Kier alpha value is -0.100. The molecular formula is C11H13BrINO. The zero-order chi connectivity index (χ0) is 11.3. The van der Waals surface area contributed by atoms with E-state index < -0.39 is 0 Å². The normalized spacial score (nSPS) is 10.1. The minimum Gasteiger partial charge on any atom is -0.352 e. The SMILES string of the molecule is Cc1c(Br)cccc1C(=O)NCCCI. The van der Waals surface area contributed by atoms with Crippen molar-refractivity contribution in [3.8, 4) is 0 Å². The van der Waals surface area contributed by atoms with Crippen molar-refractivity contribution < 1.29 is 4.79 Å². The molecule has 0 saturated heterocycles. The maximum absolute atomic E-state index is 11.8. The molecule has 0 atom stereocenters. The lowest BCUT2D eigenvalue weighted by atomic mass is 10.1.